The van der Waals surface area contributed by atoms with Gasteiger partial charge in [0.25, 0.3) is 0 Å². The molecule has 2 atom stereocenters. The third-order valence-corrected chi connectivity index (χ3v) is 4.08. The summed E-state index contributed by atoms with van der Waals surface area (Å²) in [4.78, 5) is 23.2. The van der Waals surface area contributed by atoms with Crippen molar-refractivity contribution in [3.05, 3.63) is 29.9 Å². The molecule has 0 saturated carbocycles. The van der Waals surface area contributed by atoms with Crippen LogP contribution in [0.15, 0.2) is 18.3 Å². The summed E-state index contributed by atoms with van der Waals surface area (Å²) in [5.74, 6) is 0.792. The molecule has 0 N–H and O–H groups in total. The Labute approximate surface area is 131 Å². The second-order valence-corrected chi connectivity index (χ2v) is 7.10. The van der Waals surface area contributed by atoms with E-state index < -0.39 is 5.60 Å². The van der Waals surface area contributed by atoms with Gasteiger partial charge in [-0.2, -0.15) is 0 Å². The van der Waals surface area contributed by atoms with Crippen LogP contribution in [0.2, 0.25) is 0 Å². The Morgan fingerprint density at radius 1 is 1.36 bits per heavy atom. The number of rotatable bonds is 1. The van der Waals surface area contributed by atoms with Crippen molar-refractivity contribution in [2.45, 2.75) is 64.6 Å². The highest BCUT2D eigenvalue weighted by atomic mass is 16.6. The summed E-state index contributed by atoms with van der Waals surface area (Å²) in [6, 6.07) is 2.20. The van der Waals surface area contributed by atoms with Gasteiger partial charge in [0.2, 0.25) is 0 Å². The van der Waals surface area contributed by atoms with Crippen molar-refractivity contribution in [1.82, 2.24) is 14.9 Å². The minimum absolute atomic E-state index is 0.104. The number of hydrogen-bond donors (Lipinski definition) is 0. The van der Waals surface area contributed by atoms with Crippen LogP contribution in [0.1, 0.15) is 51.6 Å². The minimum atomic E-state index is -0.458. The van der Waals surface area contributed by atoms with Gasteiger partial charge < -0.3 is 4.74 Å². The van der Waals surface area contributed by atoms with Crippen molar-refractivity contribution in [3.8, 4) is 0 Å². The van der Waals surface area contributed by atoms with Crippen LogP contribution in [-0.4, -0.2) is 38.6 Å². The topological polar surface area (TPSA) is 55.3 Å². The lowest BCUT2D eigenvalue weighted by Crippen LogP contribution is -2.45. The molecular formula is C17H23N3O2. The molecule has 5 nitrogen and oxygen atoms in total. The summed E-state index contributed by atoms with van der Waals surface area (Å²) < 4.78 is 5.54. The fourth-order valence-corrected chi connectivity index (χ4v) is 3.20. The van der Waals surface area contributed by atoms with Crippen LogP contribution in [-0.2, 0) is 4.74 Å². The van der Waals surface area contributed by atoms with Crippen LogP contribution >= 0.6 is 0 Å². The second kappa shape index (κ2) is 5.38. The molecule has 22 heavy (non-hydrogen) atoms. The lowest BCUT2D eigenvalue weighted by Gasteiger charge is -2.35. The molecule has 0 spiro atoms. The molecule has 0 aromatic carbocycles. The molecule has 2 aliphatic rings. The number of carbonyl (C=O) groups excluding carboxylic acids is 1. The molecule has 2 unspecified atom stereocenters. The van der Waals surface area contributed by atoms with E-state index in [1.54, 1.807) is 6.20 Å². The maximum atomic E-state index is 12.4. The largest absolute Gasteiger partial charge is 0.444 e. The van der Waals surface area contributed by atoms with E-state index in [1.807, 2.05) is 38.7 Å². The van der Waals surface area contributed by atoms with Crippen molar-refractivity contribution in [3.63, 3.8) is 0 Å². The molecule has 5 heteroatoms. The maximum absolute atomic E-state index is 12.4. The summed E-state index contributed by atoms with van der Waals surface area (Å²) >= 11 is 0. The first-order valence-electron chi connectivity index (χ1n) is 7.85. The molecule has 1 amide bonds. The number of aromatic nitrogens is 2. The van der Waals surface area contributed by atoms with Crippen LogP contribution < -0.4 is 0 Å². The van der Waals surface area contributed by atoms with Crippen LogP contribution in [0.3, 0.4) is 0 Å². The smallest absolute Gasteiger partial charge is 0.411 e. The van der Waals surface area contributed by atoms with Crippen LogP contribution in [0.4, 0.5) is 4.79 Å². The number of nitrogens with zero attached hydrogens (tertiary/aromatic N) is 3. The molecule has 1 aromatic rings. The van der Waals surface area contributed by atoms with E-state index in [2.05, 4.69) is 16.0 Å². The summed E-state index contributed by atoms with van der Waals surface area (Å²) in [5.41, 5.74) is 1.66. The predicted molar refractivity (Wildman–Crippen MR) is 84.2 cm³/mol. The number of carbonyl (C=O) groups is 1. The number of ether oxygens (including phenoxy) is 1. The van der Waals surface area contributed by atoms with Gasteiger partial charge in [-0.25, -0.2) is 14.8 Å². The van der Waals surface area contributed by atoms with E-state index in [4.69, 9.17) is 4.74 Å². The zero-order chi connectivity index (χ0) is 15.9. The average Bonchev–Trinajstić information content (AvgIpc) is 2.68. The zero-order valence-corrected chi connectivity index (χ0v) is 13.7. The summed E-state index contributed by atoms with van der Waals surface area (Å²) in [6.07, 6.45) is 6.53. The van der Waals surface area contributed by atoms with Crippen LogP contribution in [0.5, 0.6) is 0 Å². The van der Waals surface area contributed by atoms with Gasteiger partial charge in [0.15, 0.2) is 5.82 Å². The summed E-state index contributed by atoms with van der Waals surface area (Å²) in [6.45, 7) is 7.67. The first-order chi connectivity index (χ1) is 10.3. The minimum Gasteiger partial charge on any atom is -0.444 e. The van der Waals surface area contributed by atoms with Crippen molar-refractivity contribution in [1.29, 1.82) is 0 Å². The number of amides is 1. The lowest BCUT2D eigenvalue weighted by atomic mass is 10.0. The van der Waals surface area contributed by atoms with Gasteiger partial charge in [-0.15, -0.1) is 0 Å². The van der Waals surface area contributed by atoms with Gasteiger partial charge in [-0.05, 0) is 58.6 Å². The van der Waals surface area contributed by atoms with Crippen molar-refractivity contribution >= 4 is 11.7 Å². The molecule has 0 radical (unpaired) electrons. The molecule has 1 aromatic heterocycles. The molecule has 118 valence electrons. The fourth-order valence-electron chi connectivity index (χ4n) is 3.20. The SMILES string of the molecule is Cc1ccnc(C2=CC3CCC(C2)N3C(=O)OC(C)(C)C)n1. The molecule has 3 heterocycles. The Balaban J connectivity index is 1.82. The average molecular weight is 301 g/mol. The van der Waals surface area contributed by atoms with Gasteiger partial charge >= 0.3 is 6.09 Å². The Morgan fingerprint density at radius 2 is 2.14 bits per heavy atom. The van der Waals surface area contributed by atoms with Crippen molar-refractivity contribution < 1.29 is 9.53 Å². The molecule has 3 rings (SSSR count). The summed E-state index contributed by atoms with van der Waals surface area (Å²) in [7, 11) is 0. The maximum Gasteiger partial charge on any atom is 0.411 e. The monoisotopic (exact) mass is 301 g/mol. The Morgan fingerprint density at radius 3 is 2.77 bits per heavy atom. The quantitative estimate of drug-likeness (QED) is 0.798. The van der Waals surface area contributed by atoms with Gasteiger partial charge in [-0.3, -0.25) is 4.90 Å². The first-order valence-corrected chi connectivity index (χ1v) is 7.85. The highest BCUT2D eigenvalue weighted by Crippen LogP contribution is 2.38. The molecule has 2 bridgehead atoms. The van der Waals surface area contributed by atoms with Crippen LogP contribution in [0, 0.1) is 6.92 Å². The van der Waals surface area contributed by atoms with E-state index in [0.29, 0.717) is 0 Å². The van der Waals surface area contributed by atoms with Gasteiger partial charge in [0.05, 0.1) is 6.04 Å². The Hall–Kier alpha value is -1.91. The second-order valence-electron chi connectivity index (χ2n) is 7.10. The number of fused-ring (bicyclic) bond motifs is 2. The van der Waals surface area contributed by atoms with Gasteiger partial charge in [-0.1, -0.05) is 6.08 Å². The third kappa shape index (κ3) is 2.98. The van der Waals surface area contributed by atoms with E-state index in [-0.39, 0.29) is 18.2 Å². The van der Waals surface area contributed by atoms with Crippen molar-refractivity contribution in [2.75, 3.05) is 0 Å². The van der Waals surface area contributed by atoms with Gasteiger partial charge in [0.1, 0.15) is 5.60 Å². The molecule has 1 fully saturated rings. The number of aryl methyl sites for hydroxylation is 1. The molecule has 0 aliphatic carbocycles. The Kier molecular flexibility index (Phi) is 3.67. The van der Waals surface area contributed by atoms with E-state index in [1.165, 1.54) is 0 Å². The zero-order valence-electron chi connectivity index (χ0n) is 13.7. The normalized spacial score (nSPS) is 24.2. The number of hydrogen-bond acceptors (Lipinski definition) is 4. The van der Waals surface area contributed by atoms with E-state index >= 15 is 0 Å². The lowest BCUT2D eigenvalue weighted by molar-refractivity contribution is 0.0175. The van der Waals surface area contributed by atoms with E-state index in [9.17, 15) is 4.79 Å². The standard InChI is InChI=1S/C17H23N3O2/c1-11-7-8-18-15(19-11)12-9-13-5-6-14(10-12)20(13)16(21)22-17(2,3)4/h7-9,13-14H,5-6,10H2,1-4H3. The molecule has 2 aliphatic heterocycles. The third-order valence-electron chi connectivity index (χ3n) is 4.08. The first kappa shape index (κ1) is 15.0. The highest BCUT2D eigenvalue weighted by molar-refractivity contribution is 5.73. The highest BCUT2D eigenvalue weighted by Gasteiger charge is 2.42. The van der Waals surface area contributed by atoms with E-state index in [0.717, 1.165) is 36.4 Å². The summed E-state index contributed by atoms with van der Waals surface area (Å²) in [5, 5.41) is 0. The Bertz CT molecular complexity index is 619. The molecule has 1 saturated heterocycles. The predicted octanol–water partition coefficient (Wildman–Crippen LogP) is 3.34. The fraction of sp³-hybridized carbons (Fsp3) is 0.588. The molecular weight excluding hydrogens is 278 g/mol. The van der Waals surface area contributed by atoms with Crippen molar-refractivity contribution in [2.24, 2.45) is 0 Å². The van der Waals surface area contributed by atoms with Gasteiger partial charge in [0, 0.05) is 17.9 Å². The van der Waals surface area contributed by atoms with Crippen LogP contribution in [0.25, 0.3) is 5.57 Å².